The molecule has 1 heterocycles. The molecule has 0 aliphatic rings. The molecule has 2 N–H and O–H groups in total. The van der Waals surface area contributed by atoms with E-state index in [9.17, 15) is 41.0 Å². The molecule has 12 heteroatoms. The molecule has 0 radical (unpaired) electrons. The van der Waals surface area contributed by atoms with Crippen molar-refractivity contribution in [3.8, 4) is 11.1 Å². The lowest BCUT2D eigenvalue weighted by molar-refractivity contribution is -0.143. The van der Waals surface area contributed by atoms with Crippen LogP contribution in [0, 0.1) is 0 Å². The summed E-state index contributed by atoms with van der Waals surface area (Å²) < 4.78 is 80.0. The molecule has 0 unspecified atom stereocenters. The first-order valence-electron chi connectivity index (χ1n) is 10.8. The lowest BCUT2D eigenvalue weighted by Crippen LogP contribution is -2.36. The molecule has 2 aromatic carbocycles. The molecule has 0 fully saturated rings. The molecule has 0 aliphatic carbocycles. The number of carbonyl (C=O) groups is 2. The van der Waals surface area contributed by atoms with Gasteiger partial charge in [0.15, 0.2) is 0 Å². The fourth-order valence-corrected chi connectivity index (χ4v) is 3.69. The molecular formula is C25H21F6N3O3. The Hall–Kier alpha value is -3.93. The van der Waals surface area contributed by atoms with Gasteiger partial charge in [0.05, 0.1) is 23.3 Å². The van der Waals surface area contributed by atoms with Gasteiger partial charge >= 0.3 is 12.4 Å². The zero-order valence-electron chi connectivity index (χ0n) is 19.3. The first-order chi connectivity index (χ1) is 17.4. The lowest BCUT2D eigenvalue weighted by Gasteiger charge is -2.25. The highest BCUT2D eigenvalue weighted by Crippen LogP contribution is 2.37. The number of nitrogens with zero attached hydrogens (tertiary/aromatic N) is 2. The predicted molar refractivity (Wildman–Crippen MR) is 121 cm³/mol. The standard InChI is InChI=1S/C25H21F6N3O3/c1-32-22(36)21-20(19(7-8-33-21)16-5-3-2-4-6-16)23(37)34(9-10-35)14-15-11-17(24(26,27)28)13-18(12-15)25(29,30)31/h2-8,11-13,35H,9-10,14H2,1H3,(H,32,36). The van der Waals surface area contributed by atoms with E-state index >= 15 is 0 Å². The van der Waals surface area contributed by atoms with Gasteiger partial charge in [-0.15, -0.1) is 0 Å². The second kappa shape index (κ2) is 11.0. The van der Waals surface area contributed by atoms with Gasteiger partial charge in [0.25, 0.3) is 11.8 Å². The van der Waals surface area contributed by atoms with Crippen LogP contribution in [0.1, 0.15) is 37.5 Å². The van der Waals surface area contributed by atoms with E-state index in [0.717, 1.165) is 4.90 Å². The van der Waals surface area contributed by atoms with Gasteiger partial charge in [-0.3, -0.25) is 14.6 Å². The molecule has 0 aliphatic heterocycles. The number of rotatable bonds is 7. The third kappa shape index (κ3) is 6.45. The van der Waals surface area contributed by atoms with E-state index in [4.69, 9.17) is 0 Å². The summed E-state index contributed by atoms with van der Waals surface area (Å²) in [5.41, 5.74) is -3.27. The Kier molecular flexibility index (Phi) is 8.22. The third-order valence-corrected chi connectivity index (χ3v) is 5.37. The highest BCUT2D eigenvalue weighted by Gasteiger charge is 2.37. The van der Waals surface area contributed by atoms with E-state index < -0.39 is 60.6 Å². The molecule has 2 amide bonds. The monoisotopic (exact) mass is 525 g/mol. The third-order valence-electron chi connectivity index (χ3n) is 5.37. The summed E-state index contributed by atoms with van der Waals surface area (Å²) in [4.78, 5) is 31.1. The summed E-state index contributed by atoms with van der Waals surface area (Å²) in [6.45, 7) is -1.79. The largest absolute Gasteiger partial charge is 0.416 e. The molecule has 0 saturated carbocycles. The summed E-state index contributed by atoms with van der Waals surface area (Å²) in [6.07, 6.45) is -8.85. The summed E-state index contributed by atoms with van der Waals surface area (Å²) >= 11 is 0. The summed E-state index contributed by atoms with van der Waals surface area (Å²) in [7, 11) is 1.31. The molecule has 196 valence electrons. The molecule has 37 heavy (non-hydrogen) atoms. The quantitative estimate of drug-likeness (QED) is 0.435. The maximum absolute atomic E-state index is 13.7. The van der Waals surface area contributed by atoms with Crippen LogP contribution in [-0.4, -0.2) is 47.0 Å². The van der Waals surface area contributed by atoms with Gasteiger partial charge < -0.3 is 15.3 Å². The van der Waals surface area contributed by atoms with E-state index in [0.29, 0.717) is 17.7 Å². The number of halogens is 6. The first-order valence-corrected chi connectivity index (χ1v) is 10.8. The SMILES string of the molecule is CNC(=O)c1nccc(-c2ccccc2)c1C(=O)N(CCO)Cc1cc(C(F)(F)F)cc(C(F)(F)F)c1. The average molecular weight is 525 g/mol. The molecule has 0 saturated heterocycles. The highest BCUT2D eigenvalue weighted by atomic mass is 19.4. The van der Waals surface area contributed by atoms with Crippen molar-refractivity contribution < 1.29 is 41.0 Å². The van der Waals surface area contributed by atoms with Gasteiger partial charge in [-0.25, -0.2) is 0 Å². The summed E-state index contributed by atoms with van der Waals surface area (Å²) in [5.74, 6) is -1.64. The normalized spacial score (nSPS) is 11.8. The predicted octanol–water partition coefficient (Wildman–Crippen LogP) is 4.78. The molecule has 1 aromatic heterocycles. The van der Waals surface area contributed by atoms with Crippen molar-refractivity contribution in [2.75, 3.05) is 20.2 Å². The number of alkyl halides is 6. The zero-order chi connectivity index (χ0) is 27.4. The topological polar surface area (TPSA) is 82.5 Å². The van der Waals surface area contributed by atoms with E-state index in [1.165, 1.54) is 19.3 Å². The molecule has 0 atom stereocenters. The first kappa shape index (κ1) is 27.7. The van der Waals surface area contributed by atoms with Gasteiger partial charge in [0, 0.05) is 26.3 Å². The number of hydrogen-bond acceptors (Lipinski definition) is 4. The van der Waals surface area contributed by atoms with E-state index in [2.05, 4.69) is 10.3 Å². The number of amides is 2. The summed E-state index contributed by atoms with van der Waals surface area (Å²) in [6, 6.07) is 10.8. The van der Waals surface area contributed by atoms with Gasteiger partial charge in [0.2, 0.25) is 0 Å². The highest BCUT2D eigenvalue weighted by molar-refractivity contribution is 6.10. The zero-order valence-corrected chi connectivity index (χ0v) is 19.3. The fraction of sp³-hybridized carbons (Fsp3) is 0.240. The number of carbonyl (C=O) groups excluding carboxylic acids is 2. The minimum Gasteiger partial charge on any atom is -0.395 e. The molecular weight excluding hydrogens is 504 g/mol. The van der Waals surface area contributed by atoms with Crippen molar-refractivity contribution in [2.24, 2.45) is 0 Å². The van der Waals surface area contributed by atoms with E-state index in [1.54, 1.807) is 30.3 Å². The van der Waals surface area contributed by atoms with Crippen molar-refractivity contribution >= 4 is 11.8 Å². The van der Waals surface area contributed by atoms with Gasteiger partial charge in [0.1, 0.15) is 5.69 Å². The Morgan fingerprint density at radius 1 is 0.946 bits per heavy atom. The lowest BCUT2D eigenvalue weighted by atomic mass is 9.97. The van der Waals surface area contributed by atoms with Gasteiger partial charge in [-0.2, -0.15) is 26.3 Å². The maximum Gasteiger partial charge on any atom is 0.416 e. The van der Waals surface area contributed by atoms with Crippen molar-refractivity contribution in [3.63, 3.8) is 0 Å². The molecule has 3 aromatic rings. The van der Waals surface area contributed by atoms with Crippen LogP contribution in [0.4, 0.5) is 26.3 Å². The van der Waals surface area contributed by atoms with Crippen LogP contribution >= 0.6 is 0 Å². The second-order valence-corrected chi connectivity index (χ2v) is 7.89. The summed E-state index contributed by atoms with van der Waals surface area (Å²) in [5, 5.41) is 11.9. The minimum atomic E-state index is -5.07. The van der Waals surface area contributed by atoms with Gasteiger partial charge in [-0.1, -0.05) is 30.3 Å². The number of aromatic nitrogens is 1. The van der Waals surface area contributed by atoms with Crippen LogP contribution in [-0.2, 0) is 18.9 Å². The smallest absolute Gasteiger partial charge is 0.395 e. The Morgan fingerprint density at radius 2 is 1.54 bits per heavy atom. The number of hydrogen-bond donors (Lipinski definition) is 2. The van der Waals surface area contributed by atoms with Crippen LogP contribution in [0.5, 0.6) is 0 Å². The van der Waals surface area contributed by atoms with Crippen molar-refractivity contribution in [2.45, 2.75) is 18.9 Å². The number of benzene rings is 2. The average Bonchev–Trinajstić information content (AvgIpc) is 2.86. The Bertz CT molecular complexity index is 1240. The van der Waals surface area contributed by atoms with Crippen LogP contribution in [0.25, 0.3) is 11.1 Å². The van der Waals surface area contributed by atoms with Crippen molar-refractivity contribution in [1.29, 1.82) is 0 Å². The molecule has 0 bridgehead atoms. The molecule has 0 spiro atoms. The number of pyridine rings is 1. The Labute approximate surface area is 207 Å². The van der Waals surface area contributed by atoms with Crippen molar-refractivity contribution in [3.05, 3.63) is 88.7 Å². The number of aliphatic hydroxyl groups is 1. The van der Waals surface area contributed by atoms with E-state index in [-0.39, 0.29) is 22.9 Å². The van der Waals surface area contributed by atoms with Crippen LogP contribution in [0.2, 0.25) is 0 Å². The number of aliphatic hydroxyl groups excluding tert-OH is 1. The Balaban J connectivity index is 2.15. The van der Waals surface area contributed by atoms with E-state index in [1.807, 2.05) is 0 Å². The minimum absolute atomic E-state index is 0.0139. The van der Waals surface area contributed by atoms with Crippen LogP contribution in [0.15, 0.2) is 60.8 Å². The van der Waals surface area contributed by atoms with Gasteiger partial charge in [-0.05, 0) is 41.0 Å². The maximum atomic E-state index is 13.7. The second-order valence-electron chi connectivity index (χ2n) is 7.89. The molecule has 3 rings (SSSR count). The number of nitrogens with one attached hydrogen (secondary N) is 1. The Morgan fingerprint density at radius 3 is 2.05 bits per heavy atom. The molecule has 6 nitrogen and oxygen atoms in total. The van der Waals surface area contributed by atoms with Crippen molar-refractivity contribution in [1.82, 2.24) is 15.2 Å². The van der Waals surface area contributed by atoms with Crippen LogP contribution < -0.4 is 5.32 Å². The fourth-order valence-electron chi connectivity index (χ4n) is 3.69. The van der Waals surface area contributed by atoms with Crippen LogP contribution in [0.3, 0.4) is 0 Å².